The maximum absolute atomic E-state index is 5.38. The number of para-hydroxylation sites is 1. The summed E-state index contributed by atoms with van der Waals surface area (Å²) in [5, 5.41) is 3.55. The van der Waals surface area contributed by atoms with Crippen molar-refractivity contribution in [2.45, 2.75) is 20.8 Å². The van der Waals surface area contributed by atoms with Gasteiger partial charge in [0.05, 0.1) is 33.6 Å². The molecule has 0 aliphatic heterocycles. The third-order valence-electron chi connectivity index (χ3n) is 13.8. The maximum atomic E-state index is 5.38. The number of aryl methyl sites for hydroxylation is 3. The van der Waals surface area contributed by atoms with Gasteiger partial charge in [-0.1, -0.05) is 194 Å². The highest BCUT2D eigenvalue weighted by Gasteiger charge is 2.24. The molecular weight excluding hydrogens is 861 g/mol. The van der Waals surface area contributed by atoms with Crippen LogP contribution in [0.15, 0.2) is 237 Å². The fourth-order valence-corrected chi connectivity index (χ4v) is 10.7. The van der Waals surface area contributed by atoms with Gasteiger partial charge in [-0.25, -0.2) is 9.97 Å². The Labute approximate surface area is 414 Å². The summed E-state index contributed by atoms with van der Waals surface area (Å²) in [5.41, 5.74) is 22.1. The molecule has 0 N–H and O–H groups in total. The second kappa shape index (κ2) is 18.1. The minimum atomic E-state index is 0.680. The third-order valence-corrected chi connectivity index (χ3v) is 13.8. The molecule has 0 fully saturated rings. The Kier molecular flexibility index (Phi) is 11.0. The van der Waals surface area contributed by atoms with Crippen LogP contribution in [0.5, 0.6) is 0 Å². The molecule has 0 amide bonds. The van der Waals surface area contributed by atoms with E-state index >= 15 is 0 Å². The predicted octanol–water partition coefficient (Wildman–Crippen LogP) is 17.6. The Morgan fingerprint density at radius 1 is 0.437 bits per heavy atom. The van der Waals surface area contributed by atoms with Crippen molar-refractivity contribution in [1.82, 2.24) is 19.1 Å². The Bertz CT molecular complexity index is 3870. The monoisotopic (exact) mass is 910 g/mol. The first kappa shape index (κ1) is 43.2. The van der Waals surface area contributed by atoms with Gasteiger partial charge in [0, 0.05) is 61.4 Å². The van der Waals surface area contributed by atoms with Gasteiger partial charge in [0.25, 0.3) is 0 Å². The van der Waals surface area contributed by atoms with Crippen LogP contribution in [0, 0.1) is 20.8 Å². The van der Waals surface area contributed by atoms with Crippen LogP contribution in [-0.4, -0.2) is 19.1 Å². The molecule has 0 saturated carbocycles. The van der Waals surface area contributed by atoms with Crippen LogP contribution in [0.3, 0.4) is 0 Å². The summed E-state index contributed by atoms with van der Waals surface area (Å²) in [4.78, 5) is 10.6. The third kappa shape index (κ3) is 7.86. The number of hydrogen-bond donors (Lipinski definition) is 0. The van der Waals surface area contributed by atoms with E-state index in [2.05, 4.69) is 237 Å². The van der Waals surface area contributed by atoms with Crippen LogP contribution in [-0.2, 0) is 0 Å². The van der Waals surface area contributed by atoms with Gasteiger partial charge in [-0.3, -0.25) is 0 Å². The van der Waals surface area contributed by atoms with E-state index in [1.54, 1.807) is 0 Å². The van der Waals surface area contributed by atoms with Crippen LogP contribution in [0.2, 0.25) is 0 Å². The van der Waals surface area contributed by atoms with Crippen LogP contribution in [0.25, 0.3) is 117 Å². The molecule has 0 aliphatic rings. The lowest BCUT2D eigenvalue weighted by atomic mass is 9.91. The number of hydrogen-bond acceptors (Lipinski definition) is 2. The Balaban J connectivity index is 1.19. The van der Waals surface area contributed by atoms with Crippen molar-refractivity contribution in [2.24, 2.45) is 0 Å². The first-order valence-electron chi connectivity index (χ1n) is 24.3. The fourth-order valence-electron chi connectivity index (χ4n) is 10.7. The van der Waals surface area contributed by atoms with Crippen LogP contribution < -0.4 is 0 Å². The second-order valence-electron chi connectivity index (χ2n) is 18.5. The molecule has 4 nitrogen and oxygen atoms in total. The molecule has 338 valence electrons. The molecule has 71 heavy (non-hydrogen) atoms. The summed E-state index contributed by atoms with van der Waals surface area (Å²) in [6.45, 7) is 10.6. The van der Waals surface area contributed by atoms with E-state index < -0.39 is 0 Å². The molecule has 9 aromatic carbocycles. The van der Waals surface area contributed by atoms with E-state index in [0.29, 0.717) is 5.82 Å². The number of benzene rings is 9. The molecule has 12 rings (SSSR count). The van der Waals surface area contributed by atoms with E-state index in [1.807, 2.05) is 36.4 Å². The van der Waals surface area contributed by atoms with Crippen LogP contribution in [0.1, 0.15) is 22.3 Å². The number of fused-ring (bicyclic) bond motifs is 4. The number of allylic oxidation sites excluding steroid dienone is 2. The summed E-state index contributed by atoms with van der Waals surface area (Å²) in [6, 6.07) is 76.5. The number of nitrogens with zero attached hydrogens (tertiary/aromatic N) is 4. The van der Waals surface area contributed by atoms with Crippen LogP contribution in [0.4, 0.5) is 0 Å². The zero-order valence-corrected chi connectivity index (χ0v) is 40.0. The normalized spacial score (nSPS) is 11.6. The highest BCUT2D eigenvalue weighted by Crippen LogP contribution is 2.46. The van der Waals surface area contributed by atoms with E-state index in [1.165, 1.54) is 44.0 Å². The molecule has 0 unspecified atom stereocenters. The molecule has 0 aliphatic carbocycles. The Morgan fingerprint density at radius 3 is 1.65 bits per heavy atom. The van der Waals surface area contributed by atoms with Gasteiger partial charge in [-0.05, 0) is 103 Å². The van der Waals surface area contributed by atoms with Crippen molar-refractivity contribution >= 4 is 38.8 Å². The minimum absolute atomic E-state index is 0.680. The van der Waals surface area contributed by atoms with Gasteiger partial charge in [-0.15, -0.1) is 0 Å². The molecule has 0 atom stereocenters. The molecule has 3 aromatic heterocycles. The lowest BCUT2D eigenvalue weighted by Gasteiger charge is -2.21. The summed E-state index contributed by atoms with van der Waals surface area (Å²) < 4.78 is 4.85. The van der Waals surface area contributed by atoms with Gasteiger partial charge >= 0.3 is 0 Å². The van der Waals surface area contributed by atoms with Crippen molar-refractivity contribution in [1.29, 1.82) is 0 Å². The highest BCUT2D eigenvalue weighted by atomic mass is 15.0. The SMILES string of the molecule is C=C/C=C\c1cn(-c2ccc3c4cc(-c5c(C)cc(C)cc5C)ccc4n(-c4c(-c5ccccc5)cc(-c5cc(-c6ccccc6)nc(-c6ccccc6)n5)cc4-c4ccccc4)c3c2)c2ccccc12. The van der Waals surface area contributed by atoms with E-state index in [4.69, 9.17) is 9.97 Å². The van der Waals surface area contributed by atoms with E-state index in [-0.39, 0.29) is 0 Å². The standard InChI is InChI=1S/C67H50N4/c1-5-6-21-52-43-70(62-31-20-19-30-55(52)62)54-33-34-56-59-38-51(65-45(3)36-44(2)37-46(65)4)32-35-63(59)71(64(56)41-54)66-57(47-22-11-7-12-23-47)39-53(40-58(66)48-24-13-8-14-25-48)61-42-60(49-26-15-9-16-27-49)68-67(69-61)50-28-17-10-18-29-50/h5-43H,1H2,2-4H3/b21-6-. The van der Waals surface area contributed by atoms with Gasteiger partial charge in [-0.2, -0.15) is 0 Å². The largest absolute Gasteiger partial charge is 0.316 e. The quantitative estimate of drug-likeness (QED) is 0.128. The van der Waals surface area contributed by atoms with Crippen molar-refractivity contribution in [3.63, 3.8) is 0 Å². The number of rotatable bonds is 10. The van der Waals surface area contributed by atoms with Crippen molar-refractivity contribution in [2.75, 3.05) is 0 Å². The second-order valence-corrected chi connectivity index (χ2v) is 18.5. The molecule has 0 radical (unpaired) electrons. The van der Waals surface area contributed by atoms with Crippen molar-refractivity contribution < 1.29 is 0 Å². The van der Waals surface area contributed by atoms with Crippen molar-refractivity contribution in [3.8, 4) is 78.7 Å². The predicted molar refractivity (Wildman–Crippen MR) is 299 cm³/mol. The Hall–Kier alpha value is -9.12. The smallest absolute Gasteiger partial charge is 0.160 e. The lowest BCUT2D eigenvalue weighted by molar-refractivity contribution is 1.12. The van der Waals surface area contributed by atoms with Gasteiger partial charge in [0.1, 0.15) is 0 Å². The van der Waals surface area contributed by atoms with Gasteiger partial charge < -0.3 is 9.13 Å². The average molecular weight is 911 g/mol. The van der Waals surface area contributed by atoms with Crippen molar-refractivity contribution in [3.05, 3.63) is 260 Å². The summed E-state index contributed by atoms with van der Waals surface area (Å²) in [7, 11) is 0. The zero-order chi connectivity index (χ0) is 48.0. The summed E-state index contributed by atoms with van der Waals surface area (Å²) in [5.74, 6) is 0.680. The maximum Gasteiger partial charge on any atom is 0.160 e. The molecule has 4 heteroatoms. The molecule has 0 bridgehead atoms. The molecule has 3 heterocycles. The first-order valence-corrected chi connectivity index (χ1v) is 24.3. The lowest BCUT2D eigenvalue weighted by Crippen LogP contribution is -2.03. The number of aromatic nitrogens is 4. The van der Waals surface area contributed by atoms with Gasteiger partial charge in [0.2, 0.25) is 0 Å². The Morgan fingerprint density at radius 2 is 1.01 bits per heavy atom. The zero-order valence-electron chi connectivity index (χ0n) is 40.0. The average Bonchev–Trinajstić information content (AvgIpc) is 3.95. The van der Waals surface area contributed by atoms with Gasteiger partial charge in [0.15, 0.2) is 5.82 Å². The molecule has 12 aromatic rings. The van der Waals surface area contributed by atoms with E-state index in [0.717, 1.165) is 83.8 Å². The topological polar surface area (TPSA) is 35.6 Å². The molecule has 0 saturated heterocycles. The highest BCUT2D eigenvalue weighted by molar-refractivity contribution is 6.13. The molecule has 0 spiro atoms. The fraction of sp³-hybridized carbons (Fsp3) is 0.0448. The first-order chi connectivity index (χ1) is 34.9. The minimum Gasteiger partial charge on any atom is -0.316 e. The van der Waals surface area contributed by atoms with E-state index in [9.17, 15) is 0 Å². The summed E-state index contributed by atoms with van der Waals surface area (Å²) in [6.07, 6.45) is 8.23. The molecular formula is C67H50N4. The summed E-state index contributed by atoms with van der Waals surface area (Å²) >= 11 is 0. The van der Waals surface area contributed by atoms with Crippen LogP contribution >= 0.6 is 0 Å².